The SMILES string of the molecule is CC(NC(=O)CN1CCCCCC1)c1ccsc1. The lowest BCUT2D eigenvalue weighted by atomic mass is 10.2. The van der Waals surface area contributed by atoms with Crippen molar-refractivity contribution in [3.8, 4) is 0 Å². The molecule has 0 bridgehead atoms. The van der Waals surface area contributed by atoms with Crippen LogP contribution < -0.4 is 5.32 Å². The van der Waals surface area contributed by atoms with Crippen LogP contribution in [0.25, 0.3) is 0 Å². The van der Waals surface area contributed by atoms with E-state index in [1.165, 1.54) is 31.2 Å². The highest BCUT2D eigenvalue weighted by atomic mass is 32.1. The highest BCUT2D eigenvalue weighted by Crippen LogP contribution is 2.15. The molecule has 1 aromatic rings. The molecule has 0 aliphatic carbocycles. The number of hydrogen-bond donors (Lipinski definition) is 1. The Balaban J connectivity index is 1.77. The lowest BCUT2D eigenvalue weighted by Crippen LogP contribution is -2.38. The predicted molar refractivity (Wildman–Crippen MR) is 75.8 cm³/mol. The number of thiophene rings is 1. The number of likely N-dealkylation sites (tertiary alicyclic amines) is 1. The maximum Gasteiger partial charge on any atom is 0.234 e. The van der Waals surface area contributed by atoms with Crippen LogP contribution in [-0.4, -0.2) is 30.4 Å². The monoisotopic (exact) mass is 266 g/mol. The molecule has 0 radical (unpaired) electrons. The van der Waals surface area contributed by atoms with Crippen LogP contribution in [0.5, 0.6) is 0 Å². The molecule has 3 nitrogen and oxygen atoms in total. The van der Waals surface area contributed by atoms with Crippen molar-refractivity contribution in [1.82, 2.24) is 10.2 Å². The molecule has 100 valence electrons. The first-order valence-corrected chi connectivity index (χ1v) is 7.74. The zero-order valence-electron chi connectivity index (χ0n) is 11.0. The van der Waals surface area contributed by atoms with Gasteiger partial charge in [0.1, 0.15) is 0 Å². The third-order valence-corrected chi connectivity index (χ3v) is 4.19. The Morgan fingerprint density at radius 3 is 2.72 bits per heavy atom. The van der Waals surface area contributed by atoms with Gasteiger partial charge in [0.15, 0.2) is 0 Å². The first-order valence-electron chi connectivity index (χ1n) is 6.79. The van der Waals surface area contributed by atoms with Gasteiger partial charge in [-0.2, -0.15) is 11.3 Å². The summed E-state index contributed by atoms with van der Waals surface area (Å²) >= 11 is 1.67. The minimum Gasteiger partial charge on any atom is -0.348 e. The molecule has 1 aromatic heterocycles. The summed E-state index contributed by atoms with van der Waals surface area (Å²) in [5.41, 5.74) is 1.20. The summed E-state index contributed by atoms with van der Waals surface area (Å²) in [7, 11) is 0. The fourth-order valence-electron chi connectivity index (χ4n) is 2.39. The second kappa shape index (κ2) is 6.90. The minimum absolute atomic E-state index is 0.121. The van der Waals surface area contributed by atoms with E-state index in [1.54, 1.807) is 11.3 Å². The Kier molecular flexibility index (Phi) is 5.20. The van der Waals surface area contributed by atoms with Crippen molar-refractivity contribution in [2.24, 2.45) is 0 Å². The molecule has 0 aromatic carbocycles. The van der Waals surface area contributed by atoms with Crippen molar-refractivity contribution < 1.29 is 4.79 Å². The average Bonchev–Trinajstić information content (AvgIpc) is 2.76. The third kappa shape index (κ3) is 4.10. The highest BCUT2D eigenvalue weighted by molar-refractivity contribution is 7.07. The highest BCUT2D eigenvalue weighted by Gasteiger charge is 2.15. The van der Waals surface area contributed by atoms with E-state index in [0.717, 1.165) is 13.1 Å². The van der Waals surface area contributed by atoms with Gasteiger partial charge in [0.25, 0.3) is 0 Å². The number of amides is 1. The van der Waals surface area contributed by atoms with Gasteiger partial charge in [-0.15, -0.1) is 0 Å². The molecule has 1 N–H and O–H groups in total. The lowest BCUT2D eigenvalue weighted by molar-refractivity contribution is -0.122. The molecule has 2 heterocycles. The number of rotatable bonds is 4. The maximum atomic E-state index is 12.0. The van der Waals surface area contributed by atoms with Crippen molar-refractivity contribution in [3.63, 3.8) is 0 Å². The van der Waals surface area contributed by atoms with Crippen molar-refractivity contribution >= 4 is 17.2 Å². The van der Waals surface area contributed by atoms with Crippen molar-refractivity contribution in [2.45, 2.75) is 38.6 Å². The zero-order valence-corrected chi connectivity index (χ0v) is 11.8. The second-order valence-corrected chi connectivity index (χ2v) is 5.82. The molecule has 1 aliphatic rings. The summed E-state index contributed by atoms with van der Waals surface area (Å²) in [6, 6.07) is 2.19. The Morgan fingerprint density at radius 2 is 2.11 bits per heavy atom. The van der Waals surface area contributed by atoms with E-state index in [2.05, 4.69) is 21.7 Å². The normalized spacial score (nSPS) is 19.2. The predicted octanol–water partition coefficient (Wildman–Crippen LogP) is 2.80. The summed E-state index contributed by atoms with van der Waals surface area (Å²) in [5, 5.41) is 7.22. The van der Waals surface area contributed by atoms with E-state index >= 15 is 0 Å². The van der Waals surface area contributed by atoms with E-state index in [9.17, 15) is 4.79 Å². The van der Waals surface area contributed by atoms with Gasteiger partial charge in [0.2, 0.25) is 5.91 Å². The van der Waals surface area contributed by atoms with Gasteiger partial charge in [-0.05, 0) is 55.2 Å². The molecule has 1 amide bonds. The topological polar surface area (TPSA) is 32.3 Å². The molecule has 0 spiro atoms. The molecular formula is C14H22N2OS. The Morgan fingerprint density at radius 1 is 1.39 bits per heavy atom. The third-order valence-electron chi connectivity index (χ3n) is 3.49. The molecule has 1 unspecified atom stereocenters. The largest absolute Gasteiger partial charge is 0.348 e. The smallest absolute Gasteiger partial charge is 0.234 e. The summed E-state index contributed by atoms with van der Waals surface area (Å²) in [6.07, 6.45) is 5.08. The summed E-state index contributed by atoms with van der Waals surface area (Å²) < 4.78 is 0. The van der Waals surface area contributed by atoms with Gasteiger partial charge >= 0.3 is 0 Å². The van der Waals surface area contributed by atoms with Gasteiger partial charge in [0, 0.05) is 0 Å². The van der Waals surface area contributed by atoms with E-state index in [-0.39, 0.29) is 11.9 Å². The number of carbonyl (C=O) groups is 1. The van der Waals surface area contributed by atoms with Crippen LogP contribution in [0.2, 0.25) is 0 Å². The van der Waals surface area contributed by atoms with Gasteiger partial charge in [0.05, 0.1) is 12.6 Å². The van der Waals surface area contributed by atoms with Gasteiger partial charge < -0.3 is 5.32 Å². The molecule has 1 aliphatic heterocycles. The number of nitrogens with zero attached hydrogens (tertiary/aromatic N) is 1. The molecule has 1 fully saturated rings. The fraction of sp³-hybridized carbons (Fsp3) is 0.643. The maximum absolute atomic E-state index is 12.0. The molecule has 2 rings (SSSR count). The minimum atomic E-state index is 0.121. The number of nitrogens with one attached hydrogen (secondary N) is 1. The van der Waals surface area contributed by atoms with E-state index in [0.29, 0.717) is 6.54 Å². The number of hydrogen-bond acceptors (Lipinski definition) is 3. The summed E-state index contributed by atoms with van der Waals surface area (Å²) in [4.78, 5) is 14.3. The Hall–Kier alpha value is -0.870. The van der Waals surface area contributed by atoms with E-state index < -0.39 is 0 Å². The van der Waals surface area contributed by atoms with Gasteiger partial charge in [-0.1, -0.05) is 12.8 Å². The van der Waals surface area contributed by atoms with Crippen molar-refractivity contribution in [2.75, 3.05) is 19.6 Å². The Bertz CT molecular complexity index is 356. The molecule has 1 saturated heterocycles. The van der Waals surface area contributed by atoms with Gasteiger partial charge in [-0.3, -0.25) is 9.69 Å². The first kappa shape index (κ1) is 13.6. The summed E-state index contributed by atoms with van der Waals surface area (Å²) in [5.74, 6) is 0.149. The van der Waals surface area contributed by atoms with Gasteiger partial charge in [-0.25, -0.2) is 0 Å². The van der Waals surface area contributed by atoms with Crippen LogP contribution >= 0.6 is 11.3 Å². The molecule has 4 heteroatoms. The second-order valence-electron chi connectivity index (χ2n) is 5.04. The van der Waals surface area contributed by atoms with Crippen LogP contribution in [0.1, 0.15) is 44.2 Å². The molecular weight excluding hydrogens is 244 g/mol. The average molecular weight is 266 g/mol. The molecule has 1 atom stereocenters. The first-order chi connectivity index (χ1) is 8.75. The van der Waals surface area contributed by atoms with E-state index in [1.807, 2.05) is 12.3 Å². The van der Waals surface area contributed by atoms with E-state index in [4.69, 9.17) is 0 Å². The standard InChI is InChI=1S/C14H22N2OS/c1-12(13-6-9-18-11-13)15-14(17)10-16-7-4-2-3-5-8-16/h6,9,11-12H,2-5,7-8,10H2,1H3,(H,15,17). The zero-order chi connectivity index (χ0) is 12.8. The van der Waals surface area contributed by atoms with Crippen LogP contribution in [0.4, 0.5) is 0 Å². The summed E-state index contributed by atoms with van der Waals surface area (Å²) in [6.45, 7) is 4.73. The fourth-order valence-corrected chi connectivity index (χ4v) is 3.14. The lowest BCUT2D eigenvalue weighted by Gasteiger charge is -2.20. The van der Waals surface area contributed by atoms with Crippen molar-refractivity contribution in [1.29, 1.82) is 0 Å². The van der Waals surface area contributed by atoms with Crippen molar-refractivity contribution in [3.05, 3.63) is 22.4 Å². The van der Waals surface area contributed by atoms with Crippen LogP contribution in [0, 0.1) is 0 Å². The number of carbonyl (C=O) groups excluding carboxylic acids is 1. The van der Waals surface area contributed by atoms with Crippen LogP contribution in [0.15, 0.2) is 16.8 Å². The van der Waals surface area contributed by atoms with Crippen LogP contribution in [0.3, 0.4) is 0 Å². The van der Waals surface area contributed by atoms with Crippen LogP contribution in [-0.2, 0) is 4.79 Å². The molecule has 0 saturated carbocycles. The molecule has 18 heavy (non-hydrogen) atoms. The quantitative estimate of drug-likeness (QED) is 0.909. The Labute approximate surface area is 113 Å².